The molecule has 0 aromatic carbocycles. The molecule has 2 atom stereocenters. The monoisotopic (exact) mass is 326 g/mol. The van der Waals surface area contributed by atoms with Gasteiger partial charge >= 0.3 is 6.09 Å². The molecule has 1 heterocycles. The van der Waals surface area contributed by atoms with E-state index >= 15 is 0 Å². The van der Waals surface area contributed by atoms with Crippen LogP contribution >= 0.6 is 0 Å². The molecule has 1 amide bonds. The highest BCUT2D eigenvalue weighted by atomic mass is 16.6. The van der Waals surface area contributed by atoms with Crippen molar-refractivity contribution in [3.8, 4) is 0 Å². The Balaban J connectivity index is 2.35. The molecule has 1 saturated heterocycles. The molecule has 0 radical (unpaired) electrons. The quantitative estimate of drug-likeness (QED) is 0.744. The third-order valence-corrected chi connectivity index (χ3v) is 4.62. The van der Waals surface area contributed by atoms with Gasteiger partial charge in [0.25, 0.3) is 0 Å². The average Bonchev–Trinajstić information content (AvgIpc) is 2.71. The van der Waals surface area contributed by atoms with Crippen molar-refractivity contribution in [3.05, 3.63) is 0 Å². The molecule has 23 heavy (non-hydrogen) atoms. The van der Waals surface area contributed by atoms with Gasteiger partial charge in [-0.15, -0.1) is 0 Å². The lowest BCUT2D eigenvalue weighted by atomic mass is 9.98. The first-order valence-corrected chi connectivity index (χ1v) is 9.57. The Hall–Kier alpha value is -0.770. The van der Waals surface area contributed by atoms with Crippen molar-refractivity contribution in [3.63, 3.8) is 0 Å². The second-order valence-corrected chi connectivity index (χ2v) is 7.92. The van der Waals surface area contributed by atoms with Crippen molar-refractivity contribution in [2.45, 2.75) is 91.2 Å². The number of unbranched alkanes of at least 4 members (excludes halogenated alkanes) is 1. The summed E-state index contributed by atoms with van der Waals surface area (Å²) in [6.07, 6.45) is 8.28. The van der Waals surface area contributed by atoms with Gasteiger partial charge in [-0.25, -0.2) is 4.79 Å². The van der Waals surface area contributed by atoms with Gasteiger partial charge in [-0.05, 0) is 58.9 Å². The molecule has 1 N–H and O–H groups in total. The van der Waals surface area contributed by atoms with Gasteiger partial charge in [-0.2, -0.15) is 0 Å². The smallest absolute Gasteiger partial charge is 0.410 e. The van der Waals surface area contributed by atoms with Gasteiger partial charge < -0.3 is 15.0 Å². The van der Waals surface area contributed by atoms with Gasteiger partial charge in [-0.1, -0.05) is 33.1 Å². The molecule has 0 aliphatic carbocycles. The summed E-state index contributed by atoms with van der Waals surface area (Å²) in [4.78, 5) is 14.1. The average molecular weight is 327 g/mol. The van der Waals surface area contributed by atoms with E-state index in [9.17, 15) is 4.79 Å². The number of carbonyl (C=O) groups is 1. The summed E-state index contributed by atoms with van der Waals surface area (Å²) in [7, 11) is 0. The van der Waals surface area contributed by atoms with Crippen molar-refractivity contribution in [1.82, 2.24) is 10.2 Å². The molecule has 136 valence electrons. The second kappa shape index (κ2) is 10.2. The zero-order valence-corrected chi connectivity index (χ0v) is 16.0. The molecule has 1 rings (SSSR count). The number of carbonyl (C=O) groups excluding carboxylic acids is 1. The van der Waals surface area contributed by atoms with E-state index in [0.29, 0.717) is 6.04 Å². The Labute approximate surface area is 143 Å². The fourth-order valence-electron chi connectivity index (χ4n) is 3.09. The molecule has 1 aliphatic heterocycles. The third kappa shape index (κ3) is 8.59. The SMILES string of the molecule is CCCCC(CC)CNC1CCCN(C(=O)OC(C)(C)C)CC1. The maximum absolute atomic E-state index is 12.2. The number of hydrogen-bond acceptors (Lipinski definition) is 3. The summed E-state index contributed by atoms with van der Waals surface area (Å²) >= 11 is 0. The number of ether oxygens (including phenoxy) is 1. The van der Waals surface area contributed by atoms with Crippen LogP contribution < -0.4 is 5.32 Å². The van der Waals surface area contributed by atoms with Crippen LogP contribution in [0, 0.1) is 5.92 Å². The zero-order valence-electron chi connectivity index (χ0n) is 16.0. The van der Waals surface area contributed by atoms with E-state index in [-0.39, 0.29) is 6.09 Å². The van der Waals surface area contributed by atoms with Crippen LogP contribution in [-0.2, 0) is 4.74 Å². The Kier molecular flexibility index (Phi) is 8.96. The molecule has 4 heteroatoms. The molecular weight excluding hydrogens is 288 g/mol. The van der Waals surface area contributed by atoms with Gasteiger partial charge in [0.05, 0.1) is 0 Å². The Morgan fingerprint density at radius 1 is 1.26 bits per heavy atom. The minimum absolute atomic E-state index is 0.160. The van der Waals surface area contributed by atoms with Crippen molar-refractivity contribution < 1.29 is 9.53 Å². The molecule has 1 fully saturated rings. The van der Waals surface area contributed by atoms with E-state index in [0.717, 1.165) is 44.8 Å². The fourth-order valence-corrected chi connectivity index (χ4v) is 3.09. The van der Waals surface area contributed by atoms with Gasteiger partial charge in [0.2, 0.25) is 0 Å². The van der Waals surface area contributed by atoms with E-state index in [2.05, 4.69) is 19.2 Å². The topological polar surface area (TPSA) is 41.6 Å². The summed E-state index contributed by atoms with van der Waals surface area (Å²) in [6, 6.07) is 0.540. The highest BCUT2D eigenvalue weighted by molar-refractivity contribution is 5.68. The van der Waals surface area contributed by atoms with E-state index in [1.54, 1.807) is 0 Å². The lowest BCUT2D eigenvalue weighted by Gasteiger charge is -2.26. The van der Waals surface area contributed by atoms with Crippen LogP contribution in [0.1, 0.15) is 79.6 Å². The van der Waals surface area contributed by atoms with Crippen LogP contribution in [-0.4, -0.2) is 42.3 Å². The summed E-state index contributed by atoms with van der Waals surface area (Å²) in [5.74, 6) is 0.792. The summed E-state index contributed by atoms with van der Waals surface area (Å²) in [6.45, 7) is 13.1. The maximum Gasteiger partial charge on any atom is 0.410 e. The van der Waals surface area contributed by atoms with Crippen LogP contribution in [0.25, 0.3) is 0 Å². The molecule has 0 aromatic heterocycles. The number of nitrogens with zero attached hydrogens (tertiary/aromatic N) is 1. The van der Waals surface area contributed by atoms with Crippen LogP contribution in [0.3, 0.4) is 0 Å². The highest BCUT2D eigenvalue weighted by Gasteiger charge is 2.25. The maximum atomic E-state index is 12.2. The van der Waals surface area contributed by atoms with E-state index in [4.69, 9.17) is 4.74 Å². The van der Waals surface area contributed by atoms with E-state index < -0.39 is 5.60 Å². The predicted octanol–water partition coefficient (Wildman–Crippen LogP) is 4.58. The largest absolute Gasteiger partial charge is 0.444 e. The van der Waals surface area contributed by atoms with E-state index in [1.165, 1.54) is 25.7 Å². The van der Waals surface area contributed by atoms with Crippen molar-refractivity contribution in [2.75, 3.05) is 19.6 Å². The Morgan fingerprint density at radius 2 is 2.00 bits per heavy atom. The highest BCUT2D eigenvalue weighted by Crippen LogP contribution is 2.17. The van der Waals surface area contributed by atoms with Crippen molar-refractivity contribution in [2.24, 2.45) is 5.92 Å². The number of nitrogens with one attached hydrogen (secondary N) is 1. The van der Waals surface area contributed by atoms with E-state index in [1.807, 2.05) is 25.7 Å². The molecule has 0 saturated carbocycles. The van der Waals surface area contributed by atoms with Gasteiger partial charge in [0.1, 0.15) is 5.60 Å². The lowest BCUT2D eigenvalue weighted by molar-refractivity contribution is 0.0256. The van der Waals surface area contributed by atoms with Crippen molar-refractivity contribution >= 4 is 6.09 Å². The summed E-state index contributed by atoms with van der Waals surface area (Å²) in [5.41, 5.74) is -0.408. The van der Waals surface area contributed by atoms with Crippen LogP contribution in [0.4, 0.5) is 4.79 Å². The van der Waals surface area contributed by atoms with Crippen LogP contribution in [0.5, 0.6) is 0 Å². The molecule has 1 aliphatic rings. The fraction of sp³-hybridized carbons (Fsp3) is 0.947. The second-order valence-electron chi connectivity index (χ2n) is 7.92. The summed E-state index contributed by atoms with van der Waals surface area (Å²) in [5, 5.41) is 3.75. The molecule has 4 nitrogen and oxygen atoms in total. The molecule has 0 spiro atoms. The van der Waals surface area contributed by atoms with Gasteiger partial charge in [0.15, 0.2) is 0 Å². The first-order chi connectivity index (χ1) is 10.9. The van der Waals surface area contributed by atoms with Gasteiger partial charge in [0, 0.05) is 19.1 Å². The van der Waals surface area contributed by atoms with Crippen LogP contribution in [0.2, 0.25) is 0 Å². The lowest BCUT2D eigenvalue weighted by Crippen LogP contribution is -2.38. The first-order valence-electron chi connectivity index (χ1n) is 9.57. The molecular formula is C19H38N2O2. The third-order valence-electron chi connectivity index (χ3n) is 4.62. The Bertz CT molecular complexity index is 339. The number of amides is 1. The van der Waals surface area contributed by atoms with Crippen molar-refractivity contribution in [1.29, 1.82) is 0 Å². The number of rotatable bonds is 7. The van der Waals surface area contributed by atoms with Gasteiger partial charge in [-0.3, -0.25) is 0 Å². The standard InChI is InChI=1S/C19H38N2O2/c1-6-8-10-16(7-2)15-20-17-11-9-13-21(14-12-17)18(22)23-19(3,4)5/h16-17,20H,6-15H2,1-5H3. The number of hydrogen-bond donors (Lipinski definition) is 1. The Morgan fingerprint density at radius 3 is 2.61 bits per heavy atom. The zero-order chi connectivity index (χ0) is 17.3. The minimum Gasteiger partial charge on any atom is -0.444 e. The summed E-state index contributed by atoms with van der Waals surface area (Å²) < 4.78 is 5.49. The normalized spacial score (nSPS) is 20.9. The first kappa shape index (κ1) is 20.3. The molecule has 0 bridgehead atoms. The molecule has 0 aromatic rings. The van der Waals surface area contributed by atoms with Crippen LogP contribution in [0.15, 0.2) is 0 Å². The number of likely N-dealkylation sites (tertiary alicyclic amines) is 1. The minimum atomic E-state index is -0.408. The predicted molar refractivity (Wildman–Crippen MR) is 96.8 cm³/mol. The molecule has 2 unspecified atom stereocenters.